The molecule has 8 heteroatoms. The van der Waals surface area contributed by atoms with E-state index in [0.717, 1.165) is 42.3 Å². The van der Waals surface area contributed by atoms with Gasteiger partial charge in [0.2, 0.25) is 12.7 Å². The second kappa shape index (κ2) is 10.5. The molecule has 0 aromatic heterocycles. The Kier molecular flexibility index (Phi) is 6.76. The van der Waals surface area contributed by atoms with E-state index in [0.29, 0.717) is 31.0 Å². The third kappa shape index (κ3) is 5.17. The van der Waals surface area contributed by atoms with Crippen molar-refractivity contribution in [3.8, 4) is 11.5 Å². The number of ether oxygens (including phenoxy) is 2. The number of carbonyl (C=O) groups is 2. The van der Waals surface area contributed by atoms with Gasteiger partial charge in [-0.25, -0.2) is 0 Å². The Labute approximate surface area is 220 Å². The van der Waals surface area contributed by atoms with Crippen LogP contribution in [0.5, 0.6) is 11.5 Å². The number of benzene rings is 3. The molecule has 0 N–H and O–H groups in total. The van der Waals surface area contributed by atoms with Crippen molar-refractivity contribution in [2.24, 2.45) is 0 Å². The number of nitrogens with zero attached hydrogens (tertiary/aromatic N) is 3. The van der Waals surface area contributed by atoms with Crippen LogP contribution < -0.4 is 9.47 Å². The highest BCUT2D eigenvalue weighted by Crippen LogP contribution is 2.39. The van der Waals surface area contributed by atoms with Crippen LogP contribution in [0.15, 0.2) is 72.8 Å². The number of piperazine rings is 1. The highest BCUT2D eigenvalue weighted by molar-refractivity contribution is 8.00. The molecule has 2 amide bonds. The molecule has 0 spiro atoms. The van der Waals surface area contributed by atoms with Crippen LogP contribution in [-0.4, -0.2) is 65.2 Å². The fourth-order valence-corrected chi connectivity index (χ4v) is 6.25. The van der Waals surface area contributed by atoms with Gasteiger partial charge in [0.1, 0.15) is 5.37 Å². The molecule has 1 atom stereocenters. The normalized spacial score (nSPS) is 19.5. The van der Waals surface area contributed by atoms with Gasteiger partial charge in [0.15, 0.2) is 11.5 Å². The van der Waals surface area contributed by atoms with E-state index in [2.05, 4.69) is 11.0 Å². The van der Waals surface area contributed by atoms with Gasteiger partial charge in [-0.1, -0.05) is 48.5 Å². The SMILES string of the molecule is O=C(c1ccc(C2SCC(=O)N2Cc2ccccc2)cc1)N1CCN(Cc2ccc3c(c2)OCO3)CC1. The molecule has 3 aliphatic rings. The van der Waals surface area contributed by atoms with Crippen molar-refractivity contribution in [2.45, 2.75) is 18.5 Å². The third-order valence-corrected chi connectivity index (χ3v) is 8.37. The summed E-state index contributed by atoms with van der Waals surface area (Å²) in [5.41, 5.74) is 4.05. The lowest BCUT2D eigenvalue weighted by Gasteiger charge is -2.35. The monoisotopic (exact) mass is 515 g/mol. The standard InChI is InChI=1S/C29H29N3O4S/c33-27-19-37-29(32(27)18-21-4-2-1-3-5-21)24-9-7-23(8-10-24)28(34)31-14-12-30(13-15-31)17-22-6-11-25-26(16-22)36-20-35-25/h1-11,16,29H,12-15,17-20H2. The molecular formula is C29H29N3O4S. The Hall–Kier alpha value is -3.49. The molecule has 37 heavy (non-hydrogen) atoms. The molecule has 3 aromatic carbocycles. The zero-order valence-corrected chi connectivity index (χ0v) is 21.4. The molecule has 0 aliphatic carbocycles. The van der Waals surface area contributed by atoms with Gasteiger partial charge in [-0.3, -0.25) is 14.5 Å². The molecule has 3 aromatic rings. The smallest absolute Gasteiger partial charge is 0.253 e. The quantitative estimate of drug-likeness (QED) is 0.492. The van der Waals surface area contributed by atoms with E-state index in [4.69, 9.17) is 9.47 Å². The Morgan fingerprint density at radius 1 is 0.838 bits per heavy atom. The number of hydrogen-bond donors (Lipinski definition) is 0. The van der Waals surface area contributed by atoms with E-state index in [-0.39, 0.29) is 24.0 Å². The van der Waals surface area contributed by atoms with Crippen molar-refractivity contribution < 1.29 is 19.1 Å². The molecule has 3 heterocycles. The minimum atomic E-state index is -0.0309. The summed E-state index contributed by atoms with van der Waals surface area (Å²) in [6.45, 7) is 4.75. The first kappa shape index (κ1) is 23.9. The number of hydrogen-bond acceptors (Lipinski definition) is 6. The molecule has 2 saturated heterocycles. The predicted octanol–water partition coefficient (Wildman–Crippen LogP) is 4.15. The summed E-state index contributed by atoms with van der Waals surface area (Å²) in [5, 5.41) is -0.0309. The molecule has 6 rings (SSSR count). The van der Waals surface area contributed by atoms with Gasteiger partial charge in [0, 0.05) is 44.8 Å². The minimum absolute atomic E-state index is 0.0309. The fraction of sp³-hybridized carbons (Fsp3) is 0.310. The molecule has 1 unspecified atom stereocenters. The summed E-state index contributed by atoms with van der Waals surface area (Å²) >= 11 is 1.64. The van der Waals surface area contributed by atoms with Crippen LogP contribution in [0, 0.1) is 0 Å². The zero-order valence-electron chi connectivity index (χ0n) is 20.5. The van der Waals surface area contributed by atoms with E-state index in [1.54, 1.807) is 11.8 Å². The van der Waals surface area contributed by atoms with E-state index < -0.39 is 0 Å². The molecule has 0 bridgehead atoms. The van der Waals surface area contributed by atoms with Crippen molar-refractivity contribution >= 4 is 23.6 Å². The molecule has 7 nitrogen and oxygen atoms in total. The summed E-state index contributed by atoms with van der Waals surface area (Å²) in [7, 11) is 0. The topological polar surface area (TPSA) is 62.3 Å². The maximum Gasteiger partial charge on any atom is 0.253 e. The van der Waals surface area contributed by atoms with E-state index in [1.165, 1.54) is 5.56 Å². The largest absolute Gasteiger partial charge is 0.454 e. The maximum absolute atomic E-state index is 13.2. The van der Waals surface area contributed by atoms with Crippen molar-refractivity contribution in [3.63, 3.8) is 0 Å². The van der Waals surface area contributed by atoms with Gasteiger partial charge < -0.3 is 19.3 Å². The molecule has 2 fully saturated rings. The Balaban J connectivity index is 1.05. The van der Waals surface area contributed by atoms with Crippen LogP contribution >= 0.6 is 11.8 Å². The highest BCUT2D eigenvalue weighted by Gasteiger charge is 2.33. The average molecular weight is 516 g/mol. The van der Waals surface area contributed by atoms with Gasteiger partial charge in [-0.05, 0) is 41.0 Å². The molecule has 0 radical (unpaired) electrons. The Bertz CT molecular complexity index is 1280. The van der Waals surface area contributed by atoms with E-state index >= 15 is 0 Å². The summed E-state index contributed by atoms with van der Waals surface area (Å²) in [5.74, 6) is 2.29. The predicted molar refractivity (Wildman–Crippen MR) is 142 cm³/mol. The van der Waals surface area contributed by atoms with Crippen LogP contribution in [0.25, 0.3) is 0 Å². The lowest BCUT2D eigenvalue weighted by Crippen LogP contribution is -2.48. The van der Waals surface area contributed by atoms with Crippen LogP contribution in [-0.2, 0) is 17.9 Å². The van der Waals surface area contributed by atoms with E-state index in [1.807, 2.05) is 76.5 Å². The summed E-state index contributed by atoms with van der Waals surface area (Å²) < 4.78 is 10.9. The summed E-state index contributed by atoms with van der Waals surface area (Å²) in [6, 6.07) is 23.9. The zero-order chi connectivity index (χ0) is 25.2. The first-order chi connectivity index (χ1) is 18.1. The minimum Gasteiger partial charge on any atom is -0.454 e. The number of thioether (sulfide) groups is 1. The fourth-order valence-electron chi connectivity index (χ4n) is 5.06. The number of rotatable bonds is 6. The van der Waals surface area contributed by atoms with Gasteiger partial charge in [0.25, 0.3) is 5.91 Å². The van der Waals surface area contributed by atoms with Gasteiger partial charge >= 0.3 is 0 Å². The van der Waals surface area contributed by atoms with Crippen molar-refractivity contribution in [1.82, 2.24) is 14.7 Å². The maximum atomic E-state index is 13.2. The number of amides is 2. The van der Waals surface area contributed by atoms with Crippen LogP contribution in [0.3, 0.4) is 0 Å². The number of fused-ring (bicyclic) bond motifs is 1. The van der Waals surface area contributed by atoms with E-state index in [9.17, 15) is 9.59 Å². The first-order valence-electron chi connectivity index (χ1n) is 12.6. The third-order valence-electron chi connectivity index (χ3n) is 7.11. The molecular weight excluding hydrogens is 486 g/mol. The van der Waals surface area contributed by atoms with Crippen molar-refractivity contribution in [3.05, 3.63) is 95.1 Å². The van der Waals surface area contributed by atoms with Crippen molar-refractivity contribution in [1.29, 1.82) is 0 Å². The highest BCUT2D eigenvalue weighted by atomic mass is 32.2. The lowest BCUT2D eigenvalue weighted by molar-refractivity contribution is -0.128. The summed E-state index contributed by atoms with van der Waals surface area (Å²) in [6.07, 6.45) is 0. The van der Waals surface area contributed by atoms with Crippen molar-refractivity contribution in [2.75, 3.05) is 38.7 Å². The second-order valence-corrected chi connectivity index (χ2v) is 10.6. The lowest BCUT2D eigenvalue weighted by atomic mass is 10.1. The van der Waals surface area contributed by atoms with Crippen LogP contribution in [0.2, 0.25) is 0 Å². The molecule has 3 aliphatic heterocycles. The summed E-state index contributed by atoms with van der Waals surface area (Å²) in [4.78, 5) is 32.0. The van der Waals surface area contributed by atoms with Crippen LogP contribution in [0.1, 0.15) is 32.4 Å². The van der Waals surface area contributed by atoms with Gasteiger partial charge in [-0.2, -0.15) is 0 Å². The Morgan fingerprint density at radius 2 is 1.59 bits per heavy atom. The van der Waals surface area contributed by atoms with Gasteiger partial charge in [0.05, 0.1) is 5.75 Å². The second-order valence-electron chi connectivity index (χ2n) is 9.55. The Morgan fingerprint density at radius 3 is 2.38 bits per heavy atom. The molecule has 190 valence electrons. The van der Waals surface area contributed by atoms with Crippen LogP contribution in [0.4, 0.5) is 0 Å². The van der Waals surface area contributed by atoms with Gasteiger partial charge in [-0.15, -0.1) is 11.8 Å². The number of carbonyl (C=O) groups excluding carboxylic acids is 2. The first-order valence-corrected chi connectivity index (χ1v) is 13.6. The molecule has 0 saturated carbocycles. The average Bonchev–Trinajstić information content (AvgIpc) is 3.56.